The van der Waals surface area contributed by atoms with Crippen molar-refractivity contribution in [3.63, 3.8) is 0 Å². The molecule has 0 bridgehead atoms. The Balaban J connectivity index is 0.000000476. The zero-order valence-electron chi connectivity index (χ0n) is 41.4. The lowest BCUT2D eigenvalue weighted by Crippen LogP contribution is -2.20. The first-order chi connectivity index (χ1) is 34.7. The first-order valence-electron chi connectivity index (χ1n) is 22.4. The Hall–Kier alpha value is -8.10. The van der Waals surface area contributed by atoms with Crippen molar-refractivity contribution in [2.45, 2.75) is 90.9 Å². The third-order valence-electron chi connectivity index (χ3n) is 10.5. The Morgan fingerprint density at radius 2 is 1.03 bits per heavy atom. The molecule has 3 atom stereocenters. The standard InChI is InChI=1S/C17H16O3.C11H14O3.C10H11FO2.C9H4F6O2.C7H12O4/c1-12(11-13-7-3-2-4-8-13)16(18)14-9-5-6-10-15(14)17(19)20;1-3-10(11(12)13)8-4-6-9(14-2)7-5-8;1-7(6-10(12)13)8-2-4-9(11)5-3-8;10-8(11,12)5-1-4(7(16)17)2-6(3-5)9(13,14)15;1-7(2,3-5(8)9)4-6(10)11/h2-10,12H,11H2,1H3,(H,19,20);4-7,10H,3H2,1-2H3,(H,12,13);2-5,7H,6H2,1H3,(H,12,13);1-3H,(H,16,17);3-4H2,1-2H3,(H,8,9)(H,10,11)/t;;7-;;/m..0../s1. The number of aromatic carboxylic acids is 2. The van der Waals surface area contributed by atoms with E-state index in [2.05, 4.69) is 0 Å². The molecule has 21 heteroatoms. The fourth-order valence-electron chi connectivity index (χ4n) is 6.73. The average Bonchev–Trinajstić information content (AvgIpc) is 3.31. The molecule has 0 aliphatic rings. The lowest BCUT2D eigenvalue weighted by molar-refractivity contribution is -0.144. The maximum atomic E-state index is 12.5. The van der Waals surface area contributed by atoms with Gasteiger partial charge in [0.2, 0.25) is 0 Å². The van der Waals surface area contributed by atoms with Gasteiger partial charge in [0.15, 0.2) is 5.78 Å². The van der Waals surface area contributed by atoms with E-state index in [0.29, 0.717) is 12.8 Å². The molecule has 406 valence electrons. The number of ketones is 1. The molecule has 0 heterocycles. The highest BCUT2D eigenvalue weighted by molar-refractivity contribution is 6.06. The highest BCUT2D eigenvalue weighted by Gasteiger charge is 2.37. The molecule has 5 aromatic carbocycles. The fraction of sp³-hybridized carbons (Fsp3) is 0.315. The summed E-state index contributed by atoms with van der Waals surface area (Å²) in [5, 5.41) is 51.8. The van der Waals surface area contributed by atoms with E-state index in [1.54, 1.807) is 82.5 Å². The summed E-state index contributed by atoms with van der Waals surface area (Å²) in [6.45, 7) is 8.74. The SMILES string of the molecule is CC(C)(CC(=O)O)CC(=O)O.CC(Cc1ccccc1)C(=O)c1ccccc1C(=O)O.CCC(C(=O)O)c1ccc(OC)cc1.C[C@@H](CC(=O)O)c1ccc(F)cc1.O=C(O)c1cc(C(F)(F)F)cc(C(F)(F)F)c1. The molecule has 14 nitrogen and oxygen atoms in total. The summed E-state index contributed by atoms with van der Waals surface area (Å²) in [5.74, 6) is -6.89. The van der Waals surface area contributed by atoms with Crippen LogP contribution in [0.4, 0.5) is 30.7 Å². The molecule has 0 aliphatic carbocycles. The van der Waals surface area contributed by atoms with Gasteiger partial charge in [0, 0.05) is 11.5 Å². The predicted molar refractivity (Wildman–Crippen MR) is 259 cm³/mol. The van der Waals surface area contributed by atoms with Gasteiger partial charge in [0.05, 0.1) is 54.5 Å². The van der Waals surface area contributed by atoms with Crippen LogP contribution in [0.5, 0.6) is 5.75 Å². The Morgan fingerprint density at radius 3 is 1.41 bits per heavy atom. The van der Waals surface area contributed by atoms with E-state index in [1.807, 2.05) is 44.2 Å². The van der Waals surface area contributed by atoms with E-state index in [1.165, 1.54) is 18.2 Å². The third kappa shape index (κ3) is 24.5. The van der Waals surface area contributed by atoms with E-state index in [9.17, 15) is 64.3 Å². The van der Waals surface area contributed by atoms with Gasteiger partial charge >= 0.3 is 48.2 Å². The first-order valence-corrected chi connectivity index (χ1v) is 22.4. The van der Waals surface area contributed by atoms with Crippen molar-refractivity contribution in [2.75, 3.05) is 7.11 Å². The second-order valence-electron chi connectivity index (χ2n) is 17.3. The maximum Gasteiger partial charge on any atom is 0.416 e. The molecule has 6 N–H and O–H groups in total. The Bertz CT molecular complexity index is 2620. The summed E-state index contributed by atoms with van der Waals surface area (Å²) in [6.07, 6.45) is -9.02. The topological polar surface area (TPSA) is 250 Å². The number of rotatable bonds is 17. The number of benzene rings is 5. The highest BCUT2D eigenvalue weighted by Crippen LogP contribution is 2.36. The van der Waals surface area contributed by atoms with E-state index in [4.69, 9.17) is 35.4 Å². The van der Waals surface area contributed by atoms with E-state index in [-0.39, 0.29) is 72.0 Å². The highest BCUT2D eigenvalue weighted by atomic mass is 19.4. The number of halogens is 7. The van der Waals surface area contributed by atoms with Gasteiger partial charge in [-0.25, -0.2) is 14.0 Å². The van der Waals surface area contributed by atoms with Crippen LogP contribution in [0.1, 0.15) is 131 Å². The van der Waals surface area contributed by atoms with Crippen molar-refractivity contribution >= 4 is 41.6 Å². The Labute approximate surface area is 427 Å². The zero-order valence-corrected chi connectivity index (χ0v) is 41.4. The molecule has 0 aromatic heterocycles. The summed E-state index contributed by atoms with van der Waals surface area (Å²) in [5.41, 5.74) is -1.93. The second kappa shape index (κ2) is 30.2. The molecule has 0 aliphatic heterocycles. The number of carboxylic acid groups (broad SMARTS) is 6. The molecule has 0 saturated carbocycles. The summed E-state index contributed by atoms with van der Waals surface area (Å²) in [7, 11) is 1.59. The van der Waals surface area contributed by atoms with E-state index < -0.39 is 76.2 Å². The molecule has 5 aromatic rings. The summed E-state index contributed by atoms with van der Waals surface area (Å²) >= 11 is 0. The van der Waals surface area contributed by atoms with Gasteiger partial charge in [-0.2, -0.15) is 26.3 Å². The van der Waals surface area contributed by atoms with Crippen molar-refractivity contribution in [2.24, 2.45) is 11.3 Å². The van der Waals surface area contributed by atoms with Crippen LogP contribution in [0.25, 0.3) is 0 Å². The van der Waals surface area contributed by atoms with Crippen LogP contribution in [0.3, 0.4) is 0 Å². The van der Waals surface area contributed by atoms with Crippen molar-refractivity contribution in [1.29, 1.82) is 0 Å². The normalized spacial score (nSPS) is 12.1. The minimum Gasteiger partial charge on any atom is -0.497 e. The zero-order chi connectivity index (χ0) is 57.4. The summed E-state index contributed by atoms with van der Waals surface area (Å²) in [4.78, 5) is 75.6. The second-order valence-corrected chi connectivity index (χ2v) is 17.3. The number of methoxy groups -OCH3 is 1. The number of carbonyl (C=O) groups is 7. The molecule has 2 unspecified atom stereocenters. The first kappa shape index (κ1) is 64.9. The monoisotopic (exact) mass is 1060 g/mol. The quantitative estimate of drug-likeness (QED) is 0.0374. The number of hydrogen-bond acceptors (Lipinski definition) is 8. The van der Waals surface area contributed by atoms with Crippen molar-refractivity contribution in [1.82, 2.24) is 0 Å². The van der Waals surface area contributed by atoms with Gasteiger partial charge in [-0.05, 0) is 89.4 Å². The molecular weight excluding hydrogens is 1010 g/mol. The Kier molecular flexibility index (Phi) is 26.1. The van der Waals surface area contributed by atoms with Crippen LogP contribution < -0.4 is 4.74 Å². The Morgan fingerprint density at radius 1 is 0.573 bits per heavy atom. The predicted octanol–water partition coefficient (Wildman–Crippen LogP) is 12.5. The maximum absolute atomic E-state index is 12.5. The molecule has 75 heavy (non-hydrogen) atoms. The van der Waals surface area contributed by atoms with E-state index >= 15 is 0 Å². The van der Waals surface area contributed by atoms with Gasteiger partial charge < -0.3 is 35.4 Å². The van der Waals surface area contributed by atoms with Crippen molar-refractivity contribution in [3.8, 4) is 5.75 Å². The number of carboxylic acids is 6. The minimum atomic E-state index is -5.04. The smallest absolute Gasteiger partial charge is 0.416 e. The largest absolute Gasteiger partial charge is 0.497 e. The molecule has 0 fully saturated rings. The van der Waals surface area contributed by atoms with Gasteiger partial charge in [-0.1, -0.05) is 107 Å². The lowest BCUT2D eigenvalue weighted by atomic mass is 9.86. The van der Waals surface area contributed by atoms with Crippen LogP contribution in [0.2, 0.25) is 0 Å². The van der Waals surface area contributed by atoms with Crippen LogP contribution >= 0.6 is 0 Å². The van der Waals surface area contributed by atoms with Gasteiger partial charge in [0.25, 0.3) is 0 Å². The molecule has 0 amide bonds. The molecule has 0 spiro atoms. The lowest BCUT2D eigenvalue weighted by Gasteiger charge is -2.18. The molecule has 0 saturated heterocycles. The van der Waals surface area contributed by atoms with Gasteiger partial charge in [-0.3, -0.25) is 24.0 Å². The number of aliphatic carboxylic acids is 4. The minimum absolute atomic E-state index is 0.0670. The molecular formula is C54H57F7O14. The van der Waals surface area contributed by atoms with Gasteiger partial charge in [-0.15, -0.1) is 0 Å². The molecule has 0 radical (unpaired) electrons. The van der Waals surface area contributed by atoms with Crippen LogP contribution in [0.15, 0.2) is 121 Å². The molecule has 5 rings (SSSR count). The number of Topliss-reactive ketones (excluding diaryl/α,β-unsaturated/α-hetero) is 1. The van der Waals surface area contributed by atoms with E-state index in [0.717, 1.165) is 22.4 Å². The van der Waals surface area contributed by atoms with Crippen molar-refractivity contribution in [3.05, 3.63) is 172 Å². The number of alkyl halides is 6. The third-order valence-corrected chi connectivity index (χ3v) is 10.5. The van der Waals surface area contributed by atoms with Crippen LogP contribution in [-0.4, -0.2) is 79.3 Å². The number of carbonyl (C=O) groups excluding carboxylic acids is 1. The van der Waals surface area contributed by atoms with Crippen LogP contribution in [0, 0.1) is 17.2 Å². The van der Waals surface area contributed by atoms with Crippen LogP contribution in [-0.2, 0) is 38.0 Å². The van der Waals surface area contributed by atoms with Gasteiger partial charge in [0.1, 0.15) is 11.6 Å². The fourth-order valence-corrected chi connectivity index (χ4v) is 6.73. The average molecular weight is 1060 g/mol. The number of hydrogen-bond donors (Lipinski definition) is 6. The van der Waals surface area contributed by atoms with Crippen molar-refractivity contribution < 1.29 is 99.7 Å². The summed E-state index contributed by atoms with van der Waals surface area (Å²) in [6, 6.07) is 29.3. The number of ether oxygens (including phenoxy) is 1. The summed E-state index contributed by atoms with van der Waals surface area (Å²) < 4.78 is 90.9.